The molecule has 3 nitrogen and oxygen atoms in total. The summed E-state index contributed by atoms with van der Waals surface area (Å²) in [7, 11) is -4.93. The van der Waals surface area contributed by atoms with Crippen molar-refractivity contribution >= 4 is 63.0 Å². The molecule has 0 aliphatic rings. The summed E-state index contributed by atoms with van der Waals surface area (Å²) in [6.07, 6.45) is -3.40. The molecule has 0 radical (unpaired) electrons. The topological polar surface area (TPSA) is 35.5 Å². The van der Waals surface area contributed by atoms with E-state index in [1.807, 2.05) is 12.1 Å². The summed E-state index contributed by atoms with van der Waals surface area (Å²) in [6, 6.07) is 22.4. The average Bonchev–Trinajstić information content (AvgIpc) is 2.92. The van der Waals surface area contributed by atoms with Crippen LogP contribution in [0.5, 0.6) is 11.5 Å². The van der Waals surface area contributed by atoms with E-state index < -0.39 is 13.8 Å². The predicted molar refractivity (Wildman–Crippen MR) is 166 cm³/mol. The molecule has 0 aliphatic heterocycles. The van der Waals surface area contributed by atoms with E-state index >= 15 is 0 Å². The summed E-state index contributed by atoms with van der Waals surface area (Å²) >= 11 is 9.74. The number of benzene rings is 4. The van der Waals surface area contributed by atoms with Crippen LogP contribution in [-0.4, -0.2) is 6.17 Å². The van der Waals surface area contributed by atoms with Crippen molar-refractivity contribution in [1.29, 1.82) is 0 Å². The molecule has 0 saturated heterocycles. The van der Waals surface area contributed by atoms with E-state index in [-0.39, 0.29) is 23.1 Å². The third kappa shape index (κ3) is 9.55. The first kappa shape index (κ1) is 32.0. The van der Waals surface area contributed by atoms with Crippen LogP contribution in [-0.2, 0) is 27.6 Å². The fourth-order valence-electron chi connectivity index (χ4n) is 3.62. The molecule has 12 heteroatoms. The van der Waals surface area contributed by atoms with Crippen molar-refractivity contribution in [2.75, 3.05) is 0 Å². The lowest BCUT2D eigenvalue weighted by Crippen LogP contribution is -2.09. The molecule has 41 heavy (non-hydrogen) atoms. The van der Waals surface area contributed by atoms with Crippen molar-refractivity contribution < 1.29 is 31.2 Å². The Morgan fingerprint density at radius 1 is 0.634 bits per heavy atom. The van der Waals surface area contributed by atoms with Gasteiger partial charge in [-0.3, -0.25) is 0 Å². The molecule has 216 valence electrons. The lowest BCUT2D eigenvalue weighted by molar-refractivity contribution is 0.191. The van der Waals surface area contributed by atoms with Crippen LogP contribution in [0.15, 0.2) is 93.9 Å². The molecule has 0 N–H and O–H groups in total. The van der Waals surface area contributed by atoms with Crippen LogP contribution in [0.3, 0.4) is 0 Å². The second-order valence-electron chi connectivity index (χ2n) is 8.78. The summed E-state index contributed by atoms with van der Waals surface area (Å²) in [4.78, 5) is 0. The van der Waals surface area contributed by atoms with Crippen LogP contribution in [0.2, 0.25) is 0 Å². The smallest absolute Gasteiger partial charge is 0.411 e. The van der Waals surface area contributed by atoms with E-state index in [0.717, 1.165) is 22.3 Å². The normalized spacial score (nSPS) is 11.6. The van der Waals surface area contributed by atoms with Gasteiger partial charge in [0.1, 0.15) is 23.1 Å². The van der Waals surface area contributed by atoms with E-state index in [2.05, 4.69) is 31.9 Å². The summed E-state index contributed by atoms with van der Waals surface area (Å²) < 4.78 is 79.1. The molecule has 0 fully saturated rings. The molecule has 0 heterocycles. The number of thioether (sulfide) groups is 2. The lowest BCUT2D eigenvalue weighted by Gasteiger charge is -2.21. The highest BCUT2D eigenvalue weighted by Gasteiger charge is 2.41. The van der Waals surface area contributed by atoms with Crippen molar-refractivity contribution in [2.45, 2.75) is 29.2 Å². The predicted octanol–water partition coefficient (Wildman–Crippen LogP) is 11.2. The van der Waals surface area contributed by atoms with Crippen LogP contribution in [0.1, 0.15) is 22.3 Å². The number of hydrogen-bond donors (Lipinski definition) is 0. The first-order chi connectivity index (χ1) is 19.6. The van der Waals surface area contributed by atoms with Crippen LogP contribution in [0.4, 0.5) is 17.6 Å². The molecule has 4 aromatic rings. The molecule has 4 rings (SSSR count). The zero-order chi connectivity index (χ0) is 29.4. The van der Waals surface area contributed by atoms with E-state index in [0.29, 0.717) is 32.0 Å². The summed E-state index contributed by atoms with van der Waals surface area (Å²) in [6.45, 7) is 0. The lowest BCUT2D eigenvalue weighted by atomic mass is 10.2. The Morgan fingerprint density at radius 3 is 1.37 bits per heavy atom. The van der Waals surface area contributed by atoms with Crippen molar-refractivity contribution in [1.82, 2.24) is 0 Å². The summed E-state index contributed by atoms with van der Waals surface area (Å²) in [5.41, 5.74) is 3.44. The molecule has 0 amide bonds. The standard InChI is InChI=1S/C29H23Br2F4O3PS2/c30-25-13-21(17-40-15-19-3-1-5-23(32)11-19)7-9-27(25)37-39(36,29(34)35)38-28-10-8-22(14-26(28)31)18-41-16-20-4-2-6-24(33)12-20/h1-14,29H,15-18H2. The molecule has 0 bridgehead atoms. The minimum atomic E-state index is -4.93. The molecule has 0 unspecified atom stereocenters. The van der Waals surface area contributed by atoms with Crippen molar-refractivity contribution in [2.24, 2.45) is 0 Å². The van der Waals surface area contributed by atoms with E-state index in [4.69, 9.17) is 9.05 Å². The first-order valence-electron chi connectivity index (χ1n) is 12.1. The highest BCUT2D eigenvalue weighted by atomic mass is 79.9. The Hall–Kier alpha value is -1.91. The molecule has 4 aromatic carbocycles. The monoisotopic (exact) mass is 748 g/mol. The molecule has 0 spiro atoms. The van der Waals surface area contributed by atoms with Crippen molar-refractivity contribution in [3.63, 3.8) is 0 Å². The van der Waals surface area contributed by atoms with Gasteiger partial charge in [-0.15, -0.1) is 0 Å². The zero-order valence-electron chi connectivity index (χ0n) is 21.2. The largest absolute Gasteiger partial charge is 0.497 e. The number of halogens is 6. The summed E-state index contributed by atoms with van der Waals surface area (Å²) in [5, 5.41) is 0. The zero-order valence-corrected chi connectivity index (χ0v) is 26.9. The maximum absolute atomic E-state index is 14.0. The van der Waals surface area contributed by atoms with E-state index in [1.54, 1.807) is 59.9 Å². The molecule has 0 atom stereocenters. The highest BCUT2D eigenvalue weighted by molar-refractivity contribution is 9.11. The fourth-order valence-corrected chi connectivity index (χ4v) is 7.81. The van der Waals surface area contributed by atoms with E-state index in [1.165, 1.54) is 36.4 Å². The molecule has 0 aliphatic carbocycles. The van der Waals surface area contributed by atoms with Gasteiger partial charge in [-0.25, -0.2) is 13.3 Å². The third-order valence-corrected chi connectivity index (χ3v) is 10.3. The van der Waals surface area contributed by atoms with Gasteiger partial charge in [-0.2, -0.15) is 32.3 Å². The Kier molecular flexibility index (Phi) is 11.7. The van der Waals surface area contributed by atoms with Gasteiger partial charge in [0.2, 0.25) is 0 Å². The van der Waals surface area contributed by atoms with Crippen LogP contribution in [0, 0.1) is 11.6 Å². The van der Waals surface area contributed by atoms with Gasteiger partial charge in [0, 0.05) is 23.0 Å². The fraction of sp³-hybridized carbons (Fsp3) is 0.172. The number of alkyl halides is 2. The average molecular weight is 750 g/mol. The second kappa shape index (κ2) is 15.0. The van der Waals surface area contributed by atoms with Crippen molar-refractivity contribution in [3.05, 3.63) is 128 Å². The summed E-state index contributed by atoms with van der Waals surface area (Å²) in [5.74, 6) is 1.68. The van der Waals surface area contributed by atoms with Crippen LogP contribution < -0.4 is 9.05 Å². The second-order valence-corrected chi connectivity index (χ2v) is 14.3. The molecular weight excluding hydrogens is 727 g/mol. The molecule has 0 aromatic heterocycles. The molecular formula is C29H23Br2F4O3PS2. The highest BCUT2D eigenvalue weighted by Crippen LogP contribution is 2.56. The van der Waals surface area contributed by atoms with E-state index in [9.17, 15) is 22.1 Å². The van der Waals surface area contributed by atoms with Gasteiger partial charge < -0.3 is 9.05 Å². The Labute approximate surface area is 261 Å². The van der Waals surface area contributed by atoms with Gasteiger partial charge in [0.15, 0.2) is 0 Å². The maximum atomic E-state index is 14.0. The number of rotatable bonds is 13. The van der Waals surface area contributed by atoms with Crippen LogP contribution >= 0.6 is 63.0 Å². The quantitative estimate of drug-likeness (QED) is 0.100. The molecule has 0 saturated carbocycles. The number of hydrogen-bond acceptors (Lipinski definition) is 5. The van der Waals surface area contributed by atoms with Gasteiger partial charge in [0.25, 0.3) is 0 Å². The van der Waals surface area contributed by atoms with Crippen molar-refractivity contribution in [3.8, 4) is 11.5 Å². The van der Waals surface area contributed by atoms with Gasteiger partial charge >= 0.3 is 13.8 Å². The van der Waals surface area contributed by atoms with Crippen LogP contribution in [0.25, 0.3) is 0 Å². The first-order valence-corrected chi connectivity index (χ1v) is 17.6. The SMILES string of the molecule is O=P(Oc1ccc(CSCc2cccc(F)c2)cc1Br)(Oc1ccc(CSCc2cccc(F)c2)cc1Br)C(F)F. The maximum Gasteiger partial charge on any atom is 0.497 e. The Balaban J connectivity index is 1.36. The minimum Gasteiger partial charge on any atom is -0.411 e. The Bertz CT molecular complexity index is 1440. The Morgan fingerprint density at radius 2 is 1.02 bits per heavy atom. The van der Waals surface area contributed by atoms with Gasteiger partial charge in [-0.1, -0.05) is 36.4 Å². The minimum absolute atomic E-state index is 0.0472. The van der Waals surface area contributed by atoms with Gasteiger partial charge in [-0.05, 0) is 103 Å². The van der Waals surface area contributed by atoms with Gasteiger partial charge in [0.05, 0.1) is 8.95 Å². The third-order valence-electron chi connectivity index (χ3n) is 5.54.